The number of fused-ring (bicyclic) bond motifs is 3. The maximum atomic E-state index is 13.7. The first-order valence-corrected chi connectivity index (χ1v) is 29.7. The summed E-state index contributed by atoms with van der Waals surface area (Å²) in [7, 11) is -11.4. The highest BCUT2D eigenvalue weighted by Gasteiger charge is 2.45. The molecule has 74 heavy (non-hydrogen) atoms. The Bertz CT molecular complexity index is 1990. The number of aliphatic hydroxyl groups is 5. The van der Waals surface area contributed by atoms with E-state index in [1.165, 1.54) is 69.6 Å². The Morgan fingerprint density at radius 3 is 2.05 bits per heavy atom. The molecule has 2 bridgehead atoms. The summed E-state index contributed by atoms with van der Waals surface area (Å²) in [6.07, 6.45) is 5.42. The van der Waals surface area contributed by atoms with Gasteiger partial charge in [-0.25, -0.2) is 13.9 Å². The van der Waals surface area contributed by atoms with Crippen molar-refractivity contribution in [1.82, 2.24) is 9.55 Å². The number of phosphoric acid groups is 2. The number of aromatic nitrogens is 2. The van der Waals surface area contributed by atoms with Crippen LogP contribution in [0.2, 0.25) is 0 Å². The van der Waals surface area contributed by atoms with E-state index < -0.39 is 133 Å². The average molecular weight is 1100 g/mol. The van der Waals surface area contributed by atoms with Crippen molar-refractivity contribution >= 4 is 39.2 Å². The third kappa shape index (κ3) is 25.9. The van der Waals surface area contributed by atoms with Crippen LogP contribution in [0.1, 0.15) is 181 Å². The molecule has 3 heterocycles. The zero-order valence-corrected chi connectivity index (χ0v) is 45.4. The van der Waals surface area contributed by atoms with E-state index in [4.69, 9.17) is 29.0 Å². The number of anilines is 1. The number of Topliss-reactive ketones (excluding diaryl/α,β-unsaturated/α-hetero) is 1. The van der Waals surface area contributed by atoms with Gasteiger partial charge in [0.25, 0.3) is 0 Å². The molecule has 24 heteroatoms. The second kappa shape index (κ2) is 34.7. The molecule has 12 atom stereocenters. The largest absolute Gasteiger partial charge is 0.481 e. The van der Waals surface area contributed by atoms with E-state index in [0.29, 0.717) is 19.3 Å². The molecule has 1 aromatic heterocycles. The lowest BCUT2D eigenvalue weighted by molar-refractivity contribution is -0.196. The van der Waals surface area contributed by atoms with Gasteiger partial charge >= 0.3 is 33.3 Å². The van der Waals surface area contributed by atoms with Gasteiger partial charge in [-0.1, -0.05) is 129 Å². The predicted octanol–water partition coefficient (Wildman–Crippen LogP) is 6.64. The molecule has 0 aliphatic carbocycles. The highest BCUT2D eigenvalue weighted by Crippen LogP contribution is 2.60. The van der Waals surface area contributed by atoms with Crippen LogP contribution < -0.4 is 11.4 Å². The Morgan fingerprint density at radius 2 is 1.43 bits per heavy atom. The highest BCUT2D eigenvalue weighted by molar-refractivity contribution is 7.61. The molecule has 0 radical (unpaired) electrons. The molecule has 3 rings (SSSR count). The number of carbonyl (C=O) groups is 3. The Morgan fingerprint density at radius 1 is 0.838 bits per heavy atom. The number of unbranched alkanes of at least 4 members (excludes halogenated alkanes) is 13. The number of phosphoric ester groups is 2. The second-order valence-corrected chi connectivity index (χ2v) is 23.2. The molecule has 0 amide bonds. The molecule has 2 fully saturated rings. The number of aliphatic hydroxyl groups excluding tert-OH is 5. The van der Waals surface area contributed by atoms with Gasteiger partial charge in [-0.3, -0.25) is 28.0 Å². The molecule has 1 aromatic rings. The zero-order chi connectivity index (χ0) is 54.7. The number of nitrogen functional groups attached to an aromatic ring is 1. The Hall–Kier alpha value is -2.95. The molecule has 2 aliphatic rings. The third-order valence-electron chi connectivity index (χ3n) is 13.2. The summed E-state index contributed by atoms with van der Waals surface area (Å²) >= 11 is 0. The number of rotatable bonds is 24. The van der Waals surface area contributed by atoms with E-state index in [1.807, 2.05) is 6.92 Å². The smallest absolute Gasteiger partial charge is 0.462 e. The lowest BCUT2D eigenvalue weighted by atomic mass is 9.82. The van der Waals surface area contributed by atoms with Crippen LogP contribution in [0, 0.1) is 17.8 Å². The molecule has 426 valence electrons. The van der Waals surface area contributed by atoms with Crippen LogP contribution in [0.4, 0.5) is 5.82 Å². The van der Waals surface area contributed by atoms with Crippen molar-refractivity contribution in [2.75, 3.05) is 25.6 Å². The van der Waals surface area contributed by atoms with Gasteiger partial charge in [-0.15, -0.1) is 0 Å². The summed E-state index contributed by atoms with van der Waals surface area (Å²) in [4.78, 5) is 77.9. The maximum Gasteiger partial charge on any atom is 0.481 e. The lowest BCUT2D eigenvalue weighted by Crippen LogP contribution is -2.52. The van der Waals surface area contributed by atoms with E-state index in [9.17, 15) is 63.6 Å². The van der Waals surface area contributed by atoms with Gasteiger partial charge in [0.15, 0.2) is 6.10 Å². The molecule has 0 saturated carbocycles. The van der Waals surface area contributed by atoms with Crippen LogP contribution >= 0.6 is 15.6 Å². The number of ketones is 1. The minimum atomic E-state index is -5.75. The molecule has 2 saturated heterocycles. The monoisotopic (exact) mass is 1100 g/mol. The van der Waals surface area contributed by atoms with Crippen LogP contribution in [0.15, 0.2) is 29.2 Å². The molecule has 22 nitrogen and oxygen atoms in total. The first-order valence-electron chi connectivity index (χ1n) is 26.7. The number of cyclic esters (lactones) is 1. The Labute approximate surface area is 435 Å². The molecule has 2 unspecified atom stereocenters. The van der Waals surface area contributed by atoms with Crippen molar-refractivity contribution in [2.45, 2.75) is 224 Å². The summed E-state index contributed by atoms with van der Waals surface area (Å²) in [6, 6.07) is 1.18. The summed E-state index contributed by atoms with van der Waals surface area (Å²) in [5, 5.41) is 57.4. The highest BCUT2D eigenvalue weighted by atomic mass is 31.3. The lowest BCUT2D eigenvalue weighted by Gasteiger charge is -2.40. The van der Waals surface area contributed by atoms with Gasteiger partial charge < -0.3 is 55.3 Å². The fraction of sp³-hybridized carbons (Fsp3) is 0.820. The van der Waals surface area contributed by atoms with Crippen LogP contribution in [0.5, 0.6) is 0 Å². The van der Waals surface area contributed by atoms with E-state index in [1.54, 1.807) is 0 Å². The van der Waals surface area contributed by atoms with Gasteiger partial charge in [-0.2, -0.15) is 9.29 Å². The van der Waals surface area contributed by atoms with Gasteiger partial charge in [0.05, 0.1) is 37.6 Å². The summed E-state index contributed by atoms with van der Waals surface area (Å²) in [6.45, 7) is 3.63. The van der Waals surface area contributed by atoms with Crippen molar-refractivity contribution in [3.8, 4) is 0 Å². The second-order valence-electron chi connectivity index (χ2n) is 20.2. The topological polar surface area (TPSA) is 343 Å². The van der Waals surface area contributed by atoms with E-state index in [0.717, 1.165) is 55.2 Å². The SMILES string of the molecule is CCCCC[C@H](O)/C=C\[C@@H]1[C@H](O)[C@H](O)[C@H]2COP(=O)(O)OP(=O)(O)OC[C@@H](COC(=O)CCCCCCCCCCCCCCC(C)C)OC(=O)CCCCC(=O)C[C@H]([C@H](n3ccc(N)nc3=O)O2)[C@@H](O)C[C@H]1O. The molecular formula is C50H87N3O19P2. The third-order valence-corrected chi connectivity index (χ3v) is 15.8. The van der Waals surface area contributed by atoms with Crippen molar-refractivity contribution in [1.29, 1.82) is 0 Å². The number of hydrogen-bond acceptors (Lipinski definition) is 19. The van der Waals surface area contributed by atoms with Crippen LogP contribution in [0.3, 0.4) is 0 Å². The Balaban J connectivity index is 1.78. The molecular weight excluding hydrogens is 1010 g/mol. The van der Waals surface area contributed by atoms with Crippen LogP contribution in [0.25, 0.3) is 0 Å². The summed E-state index contributed by atoms with van der Waals surface area (Å²) < 4.78 is 58.7. The maximum absolute atomic E-state index is 13.7. The number of ether oxygens (including phenoxy) is 3. The van der Waals surface area contributed by atoms with Crippen molar-refractivity contribution in [3.63, 3.8) is 0 Å². The fourth-order valence-electron chi connectivity index (χ4n) is 8.96. The standard InChI is InChI=1S/C50H87N3O19P2/c1-4-5-16-22-36(54)26-27-39-41(56)31-42(57)40-30-37(55)23-19-20-25-46(59)70-38(32-67-45(58)24-18-15-13-11-9-7-6-8-10-12-14-17-21-35(2)3)33-68-73(63,64)72-74(65,66)69-34-43(48(61)47(39)60)71-49(40)53-29-28-44(51)52-50(53)62/h26-29,35-36,38-43,47-49,54,56-57,60-61H,4-25,30-34H2,1-3H3,(H,63,64)(H,65,66)(H2,51,52,62)/b27-26-/t36-,38+,39-,40-,41+,42-,43+,47-,48+,49+/m0/s1. The van der Waals surface area contributed by atoms with E-state index in [2.05, 4.69) is 23.1 Å². The number of esters is 2. The van der Waals surface area contributed by atoms with Crippen LogP contribution in [-0.2, 0) is 51.1 Å². The predicted molar refractivity (Wildman–Crippen MR) is 273 cm³/mol. The van der Waals surface area contributed by atoms with Crippen LogP contribution in [-0.4, -0.2) is 125 Å². The molecule has 9 N–H and O–H groups in total. The molecule has 0 aromatic carbocycles. The summed E-state index contributed by atoms with van der Waals surface area (Å²) in [5.41, 5.74) is 4.67. The van der Waals surface area contributed by atoms with Crippen molar-refractivity contribution < 1.29 is 86.4 Å². The quantitative estimate of drug-likeness (QED) is 0.0233. The zero-order valence-electron chi connectivity index (χ0n) is 43.6. The Kier molecular flexibility index (Phi) is 30.7. The van der Waals surface area contributed by atoms with Crippen molar-refractivity contribution in [2.24, 2.45) is 17.8 Å². The van der Waals surface area contributed by atoms with Gasteiger partial charge in [0, 0.05) is 50.1 Å². The van der Waals surface area contributed by atoms with E-state index in [-0.39, 0.29) is 37.9 Å². The molecule has 2 aliphatic heterocycles. The minimum absolute atomic E-state index is 0.0574. The molecule has 0 spiro atoms. The van der Waals surface area contributed by atoms with Crippen molar-refractivity contribution in [3.05, 3.63) is 34.9 Å². The summed E-state index contributed by atoms with van der Waals surface area (Å²) in [5.74, 6) is -4.40. The number of hydrogen-bond donors (Lipinski definition) is 8. The minimum Gasteiger partial charge on any atom is -0.462 e. The average Bonchev–Trinajstić information content (AvgIpc) is 3.32. The number of nitrogens with zero attached hydrogens (tertiary/aromatic N) is 2. The van der Waals surface area contributed by atoms with Gasteiger partial charge in [-0.05, 0) is 37.7 Å². The fourth-order valence-corrected chi connectivity index (χ4v) is 11.1. The number of nitrogens with two attached hydrogens (primary N) is 1. The number of carbonyl (C=O) groups excluding carboxylic acids is 3. The first-order chi connectivity index (χ1) is 35.1. The van der Waals surface area contributed by atoms with Gasteiger partial charge in [0.1, 0.15) is 36.6 Å². The first kappa shape index (κ1) is 65.3. The normalized spacial score (nSPS) is 30.0. The van der Waals surface area contributed by atoms with Gasteiger partial charge in [0.2, 0.25) is 0 Å². The van der Waals surface area contributed by atoms with E-state index >= 15 is 0 Å².